The number of carbonyl (C=O) groups excluding carboxylic acids is 1. The van der Waals surface area contributed by atoms with Crippen LogP contribution in [0.25, 0.3) is 11.1 Å². The third-order valence-corrected chi connectivity index (χ3v) is 5.13. The minimum atomic E-state index is -0.245. The molecule has 0 aliphatic rings. The Hall–Kier alpha value is -1.36. The molecule has 0 aromatic heterocycles. The Morgan fingerprint density at radius 3 is 2.58 bits per heavy atom. The number of hydrogen-bond donors (Lipinski definition) is 0. The van der Waals surface area contributed by atoms with Crippen LogP contribution >= 0.6 is 35.6 Å². The molecule has 0 N–H and O–H groups in total. The van der Waals surface area contributed by atoms with Crippen molar-refractivity contribution in [3.63, 3.8) is 0 Å². The average Bonchev–Trinajstić information content (AvgIpc) is 2.60. The van der Waals surface area contributed by atoms with Gasteiger partial charge in [0.2, 0.25) is 0 Å². The van der Waals surface area contributed by atoms with E-state index in [0.29, 0.717) is 13.0 Å². The summed E-state index contributed by atoms with van der Waals surface area (Å²) in [7, 11) is 0. The first-order chi connectivity index (χ1) is 11.7. The van der Waals surface area contributed by atoms with Crippen molar-refractivity contribution in [2.45, 2.75) is 25.0 Å². The van der Waals surface area contributed by atoms with Gasteiger partial charge in [0.15, 0.2) is 0 Å². The number of carbonyl (C=O) groups is 1. The molecule has 0 fully saturated rings. The fourth-order valence-electron chi connectivity index (χ4n) is 2.39. The number of esters is 1. The highest BCUT2D eigenvalue weighted by atomic mass is 35.5. The molecule has 126 valence electrons. The van der Waals surface area contributed by atoms with Gasteiger partial charge in [0.1, 0.15) is 5.25 Å². The second-order valence-electron chi connectivity index (χ2n) is 5.19. The molecular weight excluding hydrogens is 360 g/mol. The SMILES string of the molecule is CCOC(=O)C(CCc1ccc(-c2ccccc2Cl)cc1)SC=S. The zero-order valence-corrected chi connectivity index (χ0v) is 15.8. The first-order valence-corrected chi connectivity index (χ1v) is 9.54. The van der Waals surface area contributed by atoms with Gasteiger partial charge in [-0.05, 0) is 37.0 Å². The van der Waals surface area contributed by atoms with Crippen LogP contribution in [0.5, 0.6) is 0 Å². The lowest BCUT2D eigenvalue weighted by atomic mass is 10.0. The maximum Gasteiger partial charge on any atom is 0.319 e. The van der Waals surface area contributed by atoms with Crippen molar-refractivity contribution in [2.75, 3.05) is 6.61 Å². The minimum absolute atomic E-state index is 0.198. The van der Waals surface area contributed by atoms with Gasteiger partial charge in [-0.2, -0.15) is 0 Å². The normalized spacial score (nSPS) is 11.8. The van der Waals surface area contributed by atoms with Crippen LogP contribution in [0.1, 0.15) is 18.9 Å². The summed E-state index contributed by atoms with van der Waals surface area (Å²) in [6, 6.07) is 16.0. The van der Waals surface area contributed by atoms with E-state index in [0.717, 1.165) is 22.6 Å². The van der Waals surface area contributed by atoms with Crippen LogP contribution < -0.4 is 0 Å². The lowest BCUT2D eigenvalue weighted by Crippen LogP contribution is -2.21. The molecule has 0 bridgehead atoms. The quantitative estimate of drug-likeness (QED) is 0.443. The molecule has 2 aromatic rings. The van der Waals surface area contributed by atoms with Gasteiger partial charge in [-0.3, -0.25) is 4.79 Å². The summed E-state index contributed by atoms with van der Waals surface area (Å²) in [5.74, 6) is -0.198. The summed E-state index contributed by atoms with van der Waals surface area (Å²) in [4.78, 5) is 11.9. The topological polar surface area (TPSA) is 26.3 Å². The van der Waals surface area contributed by atoms with Crippen LogP contribution in [0, 0.1) is 0 Å². The molecule has 5 heteroatoms. The van der Waals surface area contributed by atoms with Crippen molar-refractivity contribution in [2.24, 2.45) is 0 Å². The van der Waals surface area contributed by atoms with Crippen molar-refractivity contribution in [1.82, 2.24) is 0 Å². The molecule has 0 spiro atoms. The molecule has 0 aliphatic heterocycles. The number of ether oxygens (including phenoxy) is 1. The Bertz CT molecular complexity index is 686. The van der Waals surface area contributed by atoms with Crippen molar-refractivity contribution in [1.29, 1.82) is 0 Å². The molecule has 1 atom stereocenters. The zero-order valence-electron chi connectivity index (χ0n) is 13.4. The minimum Gasteiger partial charge on any atom is -0.465 e. The highest BCUT2D eigenvalue weighted by molar-refractivity contribution is 8.21. The van der Waals surface area contributed by atoms with Crippen LogP contribution in [0.2, 0.25) is 5.02 Å². The molecule has 2 nitrogen and oxygen atoms in total. The second kappa shape index (κ2) is 9.82. The Labute approximate surface area is 157 Å². The number of thiocarbonyl (C=S) groups is 1. The Balaban J connectivity index is 2.02. The summed E-state index contributed by atoms with van der Waals surface area (Å²) in [6.45, 7) is 2.20. The van der Waals surface area contributed by atoms with E-state index in [1.54, 1.807) is 0 Å². The van der Waals surface area contributed by atoms with Crippen LogP contribution in [-0.4, -0.2) is 22.5 Å². The summed E-state index contributed by atoms with van der Waals surface area (Å²) in [5, 5.41) is 0.496. The van der Waals surface area contributed by atoms with E-state index in [1.807, 2.05) is 31.2 Å². The first-order valence-electron chi connectivity index (χ1n) is 7.75. The third kappa shape index (κ3) is 5.33. The van der Waals surface area contributed by atoms with Gasteiger partial charge < -0.3 is 4.74 Å². The number of benzene rings is 2. The molecule has 24 heavy (non-hydrogen) atoms. The largest absolute Gasteiger partial charge is 0.465 e. The van der Waals surface area contributed by atoms with Gasteiger partial charge in [0.25, 0.3) is 0 Å². The van der Waals surface area contributed by atoms with Crippen LogP contribution in [0.4, 0.5) is 0 Å². The maximum absolute atomic E-state index is 11.9. The van der Waals surface area contributed by atoms with E-state index in [1.165, 1.54) is 22.0 Å². The molecule has 0 radical (unpaired) electrons. The number of thioether (sulfide) groups is 1. The number of hydrogen-bond acceptors (Lipinski definition) is 4. The summed E-state index contributed by atoms with van der Waals surface area (Å²) < 4.78 is 6.62. The molecular formula is C19H19ClO2S2. The standard InChI is InChI=1S/C19H19ClO2S2/c1-2-22-19(21)18(24-13-23)12-9-14-7-10-15(11-8-14)16-5-3-4-6-17(16)20/h3-8,10-11,13,18H,2,9,12H2,1H3. The molecule has 0 aliphatic carbocycles. The third-order valence-electron chi connectivity index (χ3n) is 3.60. The summed E-state index contributed by atoms with van der Waals surface area (Å²) >= 11 is 12.4. The molecule has 0 saturated carbocycles. The van der Waals surface area contributed by atoms with E-state index in [2.05, 4.69) is 24.3 Å². The van der Waals surface area contributed by atoms with Gasteiger partial charge in [0.05, 0.1) is 6.61 Å². The lowest BCUT2D eigenvalue weighted by molar-refractivity contribution is -0.142. The zero-order chi connectivity index (χ0) is 17.4. The predicted octanol–water partition coefficient (Wildman–Crippen LogP) is 5.56. The van der Waals surface area contributed by atoms with E-state index >= 15 is 0 Å². The van der Waals surface area contributed by atoms with E-state index in [-0.39, 0.29) is 11.2 Å². The van der Waals surface area contributed by atoms with E-state index in [4.69, 9.17) is 28.6 Å². The Kier molecular flexibility index (Phi) is 7.76. The van der Waals surface area contributed by atoms with Crippen LogP contribution in [0.15, 0.2) is 48.5 Å². The predicted molar refractivity (Wildman–Crippen MR) is 107 cm³/mol. The summed E-state index contributed by atoms with van der Waals surface area (Å²) in [6.07, 6.45) is 1.49. The number of halogens is 1. The molecule has 0 amide bonds. The fraction of sp³-hybridized carbons (Fsp3) is 0.263. The Morgan fingerprint density at radius 1 is 1.25 bits per heavy atom. The van der Waals surface area contributed by atoms with Crippen molar-refractivity contribution >= 4 is 46.2 Å². The van der Waals surface area contributed by atoms with Gasteiger partial charge >= 0.3 is 5.97 Å². The molecule has 0 heterocycles. The molecule has 1 unspecified atom stereocenters. The molecule has 2 aromatic carbocycles. The Morgan fingerprint density at radius 2 is 1.96 bits per heavy atom. The fourth-order valence-corrected chi connectivity index (χ4v) is 3.60. The molecule has 0 saturated heterocycles. The van der Waals surface area contributed by atoms with Crippen LogP contribution in [-0.2, 0) is 16.0 Å². The number of rotatable bonds is 8. The van der Waals surface area contributed by atoms with E-state index < -0.39 is 0 Å². The van der Waals surface area contributed by atoms with Gasteiger partial charge in [-0.1, -0.05) is 66.3 Å². The first kappa shape index (κ1) is 19.0. The number of aryl methyl sites for hydroxylation is 1. The molecule has 2 rings (SSSR count). The monoisotopic (exact) mass is 378 g/mol. The van der Waals surface area contributed by atoms with Crippen molar-refractivity contribution < 1.29 is 9.53 Å². The highest BCUT2D eigenvalue weighted by Crippen LogP contribution is 2.28. The van der Waals surface area contributed by atoms with Gasteiger partial charge in [-0.25, -0.2) is 0 Å². The second-order valence-corrected chi connectivity index (χ2v) is 7.21. The smallest absolute Gasteiger partial charge is 0.319 e. The van der Waals surface area contributed by atoms with Gasteiger partial charge in [-0.15, -0.1) is 11.8 Å². The van der Waals surface area contributed by atoms with Crippen molar-refractivity contribution in [3.05, 3.63) is 59.1 Å². The van der Waals surface area contributed by atoms with E-state index in [9.17, 15) is 4.79 Å². The highest BCUT2D eigenvalue weighted by Gasteiger charge is 2.19. The van der Waals surface area contributed by atoms with Crippen LogP contribution in [0.3, 0.4) is 0 Å². The lowest BCUT2D eigenvalue weighted by Gasteiger charge is -2.13. The maximum atomic E-state index is 11.9. The average molecular weight is 379 g/mol. The summed E-state index contributed by atoms with van der Waals surface area (Å²) in [5.41, 5.74) is 3.27. The van der Waals surface area contributed by atoms with Gasteiger partial charge in [0, 0.05) is 15.3 Å². The van der Waals surface area contributed by atoms with Crippen molar-refractivity contribution in [3.8, 4) is 11.1 Å².